The molecule has 1 aromatic heterocycles. The fourth-order valence-electron chi connectivity index (χ4n) is 3.56. The molecule has 0 radical (unpaired) electrons. The van der Waals surface area contributed by atoms with Crippen molar-refractivity contribution in [3.05, 3.63) is 63.6 Å². The molecule has 2 aromatic carbocycles. The second-order valence-corrected chi connectivity index (χ2v) is 8.66. The minimum absolute atomic E-state index is 0.0925. The Morgan fingerprint density at radius 3 is 2.48 bits per heavy atom. The Bertz CT molecular complexity index is 1070. The van der Waals surface area contributed by atoms with E-state index in [-0.39, 0.29) is 5.91 Å². The average molecular weight is 453 g/mol. The number of amides is 1. The molecule has 0 bridgehead atoms. The van der Waals surface area contributed by atoms with Crippen molar-refractivity contribution in [1.82, 2.24) is 20.3 Å². The van der Waals surface area contributed by atoms with Crippen LogP contribution in [-0.4, -0.2) is 54.0 Å². The monoisotopic (exact) mass is 452 g/mol. The second-order valence-electron chi connectivity index (χ2n) is 7.75. The number of nitrogens with one attached hydrogen (secondary N) is 1. The normalized spacial score (nSPS) is 15.6. The maximum absolute atomic E-state index is 13.2. The fourth-order valence-corrected chi connectivity index (χ4v) is 3.92. The van der Waals surface area contributed by atoms with Gasteiger partial charge >= 0.3 is 0 Å². The number of halogens is 1. The maximum atomic E-state index is 13.2. The Kier molecular flexibility index (Phi) is 5.67. The van der Waals surface area contributed by atoms with Crippen LogP contribution < -0.4 is 5.43 Å². The summed E-state index contributed by atoms with van der Waals surface area (Å²) in [6, 6.07) is 14.1. The van der Waals surface area contributed by atoms with E-state index in [4.69, 9.17) is 4.98 Å². The number of benzene rings is 2. The largest absolute Gasteiger partial charge is 0.304 e. The summed E-state index contributed by atoms with van der Waals surface area (Å²) in [6.07, 6.45) is 0. The summed E-state index contributed by atoms with van der Waals surface area (Å²) in [5, 5.41) is 2.85. The zero-order valence-corrected chi connectivity index (χ0v) is 18.6. The lowest BCUT2D eigenvalue weighted by atomic mass is 10.0. The lowest BCUT2D eigenvalue weighted by Crippen LogP contribution is -2.52. The van der Waals surface area contributed by atoms with Gasteiger partial charge in [-0.05, 0) is 62.4 Å². The zero-order chi connectivity index (χ0) is 20.5. The Morgan fingerprint density at radius 2 is 1.76 bits per heavy atom. The summed E-state index contributed by atoms with van der Waals surface area (Å²) in [5.41, 5.74) is 8.83. The van der Waals surface area contributed by atoms with Gasteiger partial charge in [0.15, 0.2) is 0 Å². The van der Waals surface area contributed by atoms with Crippen LogP contribution in [0.4, 0.5) is 0 Å². The highest BCUT2D eigenvalue weighted by Gasteiger charge is 2.19. The summed E-state index contributed by atoms with van der Waals surface area (Å²) in [7, 11) is 2.10. The van der Waals surface area contributed by atoms with E-state index in [9.17, 15) is 4.79 Å². The molecule has 0 spiro atoms. The first-order valence-electron chi connectivity index (χ1n) is 9.83. The number of hydrogen-bond acceptors (Lipinski definition) is 4. The third-order valence-electron chi connectivity index (χ3n) is 5.58. The highest BCUT2D eigenvalue weighted by molar-refractivity contribution is 9.10. The van der Waals surface area contributed by atoms with Crippen molar-refractivity contribution in [2.75, 3.05) is 33.2 Å². The van der Waals surface area contributed by atoms with E-state index >= 15 is 0 Å². The number of hydrazine groups is 1. The van der Waals surface area contributed by atoms with E-state index in [1.54, 1.807) is 0 Å². The standard InChI is InChI=1S/C23H25BrN4O/c1-15-4-5-17(12-16(15)2)22-14-20(19-13-18(24)6-7-21(19)25-22)23(29)26-28-10-8-27(3)9-11-28/h4-7,12-14H,8-11H2,1-3H3,(H,26,29). The van der Waals surface area contributed by atoms with Crippen LogP contribution in [0.5, 0.6) is 0 Å². The van der Waals surface area contributed by atoms with E-state index in [0.717, 1.165) is 52.8 Å². The number of fused-ring (bicyclic) bond motifs is 1. The maximum Gasteiger partial charge on any atom is 0.266 e. The summed E-state index contributed by atoms with van der Waals surface area (Å²) in [5.74, 6) is -0.0925. The molecule has 0 saturated carbocycles. The fraction of sp³-hybridized carbons (Fsp3) is 0.304. The summed E-state index contributed by atoms with van der Waals surface area (Å²) in [6.45, 7) is 7.71. The molecule has 29 heavy (non-hydrogen) atoms. The van der Waals surface area contributed by atoms with Gasteiger partial charge in [-0.3, -0.25) is 10.2 Å². The van der Waals surface area contributed by atoms with Gasteiger partial charge in [0.2, 0.25) is 0 Å². The highest BCUT2D eigenvalue weighted by atomic mass is 79.9. The molecular formula is C23H25BrN4O. The minimum atomic E-state index is -0.0925. The van der Waals surface area contributed by atoms with E-state index in [2.05, 4.69) is 65.3 Å². The molecule has 1 amide bonds. The van der Waals surface area contributed by atoms with Crippen molar-refractivity contribution in [1.29, 1.82) is 0 Å². The third kappa shape index (κ3) is 4.34. The van der Waals surface area contributed by atoms with Crippen LogP contribution in [-0.2, 0) is 0 Å². The first-order valence-corrected chi connectivity index (χ1v) is 10.6. The van der Waals surface area contributed by atoms with E-state index in [1.165, 1.54) is 11.1 Å². The van der Waals surface area contributed by atoms with Gasteiger partial charge in [-0.1, -0.05) is 28.1 Å². The van der Waals surface area contributed by atoms with Crippen LogP contribution in [0.2, 0.25) is 0 Å². The lowest BCUT2D eigenvalue weighted by molar-refractivity contribution is 0.0664. The molecular weight excluding hydrogens is 428 g/mol. The van der Waals surface area contributed by atoms with Crippen molar-refractivity contribution in [3.8, 4) is 11.3 Å². The first-order chi connectivity index (χ1) is 13.9. The molecule has 0 atom stereocenters. The van der Waals surface area contributed by atoms with Gasteiger partial charge in [0.1, 0.15) is 0 Å². The number of piperazine rings is 1. The van der Waals surface area contributed by atoms with Crippen molar-refractivity contribution in [2.24, 2.45) is 0 Å². The molecule has 1 aliphatic heterocycles. The van der Waals surface area contributed by atoms with E-state index in [1.807, 2.05) is 29.3 Å². The predicted molar refractivity (Wildman–Crippen MR) is 121 cm³/mol. The molecule has 1 aliphatic rings. The zero-order valence-electron chi connectivity index (χ0n) is 17.0. The molecule has 1 N–H and O–H groups in total. The number of aromatic nitrogens is 1. The number of carbonyl (C=O) groups is 1. The molecule has 0 unspecified atom stereocenters. The molecule has 1 fully saturated rings. The molecule has 0 aliphatic carbocycles. The van der Waals surface area contributed by atoms with Crippen LogP contribution in [0.3, 0.4) is 0 Å². The molecule has 3 aromatic rings. The second kappa shape index (κ2) is 8.22. The number of carbonyl (C=O) groups excluding carboxylic acids is 1. The van der Waals surface area contributed by atoms with Gasteiger partial charge in [-0.15, -0.1) is 0 Å². The Labute approximate surface area is 179 Å². The quantitative estimate of drug-likeness (QED) is 0.647. The van der Waals surface area contributed by atoms with Crippen LogP contribution in [0.15, 0.2) is 46.9 Å². The number of hydrogen-bond donors (Lipinski definition) is 1. The molecule has 6 heteroatoms. The SMILES string of the molecule is Cc1ccc(-c2cc(C(=O)NN3CCN(C)CC3)c3cc(Br)ccc3n2)cc1C. The Hall–Kier alpha value is -2.28. The smallest absolute Gasteiger partial charge is 0.266 e. The van der Waals surface area contributed by atoms with Crippen molar-refractivity contribution in [2.45, 2.75) is 13.8 Å². The van der Waals surface area contributed by atoms with E-state index < -0.39 is 0 Å². The molecule has 150 valence electrons. The minimum Gasteiger partial charge on any atom is -0.304 e. The van der Waals surface area contributed by atoms with Gasteiger partial charge in [0.25, 0.3) is 5.91 Å². The van der Waals surface area contributed by atoms with Gasteiger partial charge < -0.3 is 4.90 Å². The van der Waals surface area contributed by atoms with Crippen LogP contribution in [0.25, 0.3) is 22.2 Å². The van der Waals surface area contributed by atoms with Gasteiger partial charge in [-0.2, -0.15) is 0 Å². The van der Waals surface area contributed by atoms with Crippen molar-refractivity contribution in [3.63, 3.8) is 0 Å². The van der Waals surface area contributed by atoms with Crippen molar-refractivity contribution < 1.29 is 4.79 Å². The number of pyridine rings is 1. The number of aryl methyl sites for hydroxylation is 2. The number of rotatable bonds is 3. The summed E-state index contributed by atoms with van der Waals surface area (Å²) in [4.78, 5) is 20.3. The van der Waals surface area contributed by atoms with Gasteiger partial charge in [0, 0.05) is 41.6 Å². The topological polar surface area (TPSA) is 48.5 Å². The number of likely N-dealkylation sites (N-methyl/N-ethyl adjacent to an activating group) is 1. The van der Waals surface area contributed by atoms with Crippen LogP contribution >= 0.6 is 15.9 Å². The predicted octanol–water partition coefficient (Wildman–Crippen LogP) is 4.17. The average Bonchev–Trinajstić information content (AvgIpc) is 2.71. The van der Waals surface area contributed by atoms with Crippen molar-refractivity contribution >= 4 is 32.7 Å². The van der Waals surface area contributed by atoms with Gasteiger partial charge in [0.05, 0.1) is 16.8 Å². The third-order valence-corrected chi connectivity index (χ3v) is 6.07. The summed E-state index contributed by atoms with van der Waals surface area (Å²) >= 11 is 3.53. The van der Waals surface area contributed by atoms with Gasteiger partial charge in [-0.25, -0.2) is 9.99 Å². The first kappa shape index (κ1) is 20.0. The number of nitrogens with zero attached hydrogens (tertiary/aromatic N) is 3. The Morgan fingerprint density at radius 1 is 1.00 bits per heavy atom. The lowest BCUT2D eigenvalue weighted by Gasteiger charge is -2.32. The summed E-state index contributed by atoms with van der Waals surface area (Å²) < 4.78 is 0.930. The van der Waals surface area contributed by atoms with Crippen LogP contribution in [0, 0.1) is 13.8 Å². The van der Waals surface area contributed by atoms with Crippen LogP contribution in [0.1, 0.15) is 21.5 Å². The Balaban J connectivity index is 1.75. The molecule has 1 saturated heterocycles. The molecule has 2 heterocycles. The molecule has 5 nitrogen and oxygen atoms in total. The molecule has 4 rings (SSSR count). The van der Waals surface area contributed by atoms with E-state index in [0.29, 0.717) is 5.56 Å². The highest BCUT2D eigenvalue weighted by Crippen LogP contribution is 2.28.